The van der Waals surface area contributed by atoms with E-state index in [1.165, 1.54) is 0 Å². The molecule has 0 spiro atoms. The van der Waals surface area contributed by atoms with Gasteiger partial charge >= 0.3 is 12.0 Å². The van der Waals surface area contributed by atoms with Crippen molar-refractivity contribution in [2.75, 3.05) is 0 Å². The third kappa shape index (κ3) is 3.13. The van der Waals surface area contributed by atoms with Crippen LogP contribution in [0, 0.1) is 0 Å². The molecule has 102 valence electrons. The van der Waals surface area contributed by atoms with Gasteiger partial charge in [0, 0.05) is 5.54 Å². The number of urea groups is 1. The maximum Gasteiger partial charge on any atom is 0.315 e. The van der Waals surface area contributed by atoms with Crippen molar-refractivity contribution < 1.29 is 19.4 Å². The molecule has 0 aromatic heterocycles. The van der Waals surface area contributed by atoms with Crippen LogP contribution in [-0.4, -0.2) is 40.9 Å². The number of amides is 2. The molecule has 3 unspecified atom stereocenters. The van der Waals surface area contributed by atoms with E-state index in [-0.39, 0.29) is 30.7 Å². The Morgan fingerprint density at radius 1 is 1.39 bits per heavy atom. The molecule has 2 amide bonds. The first kappa shape index (κ1) is 13.1. The lowest BCUT2D eigenvalue weighted by molar-refractivity contribution is -0.138. The van der Waals surface area contributed by atoms with Gasteiger partial charge in [-0.1, -0.05) is 0 Å². The molecule has 0 aromatic rings. The van der Waals surface area contributed by atoms with Crippen LogP contribution in [0.5, 0.6) is 0 Å². The molecule has 2 fully saturated rings. The van der Waals surface area contributed by atoms with E-state index in [4.69, 9.17) is 9.84 Å². The third-order valence-electron chi connectivity index (χ3n) is 3.47. The van der Waals surface area contributed by atoms with Crippen LogP contribution in [0.2, 0.25) is 0 Å². The minimum Gasteiger partial charge on any atom is -0.481 e. The van der Waals surface area contributed by atoms with E-state index in [1.54, 1.807) is 13.8 Å². The molecule has 6 nitrogen and oxygen atoms in total. The Morgan fingerprint density at radius 2 is 2.11 bits per heavy atom. The lowest BCUT2D eigenvalue weighted by Gasteiger charge is -2.27. The van der Waals surface area contributed by atoms with E-state index >= 15 is 0 Å². The Labute approximate surface area is 106 Å². The number of nitrogens with one attached hydrogen (secondary N) is 2. The molecule has 2 heterocycles. The SMILES string of the molecule is CC(C)(CC(=O)O)NC(=O)NC1CC2CCC1O2. The highest BCUT2D eigenvalue weighted by Crippen LogP contribution is 2.34. The summed E-state index contributed by atoms with van der Waals surface area (Å²) in [4.78, 5) is 22.5. The fraction of sp³-hybridized carbons (Fsp3) is 0.833. The first-order valence-electron chi connectivity index (χ1n) is 6.32. The monoisotopic (exact) mass is 256 g/mol. The maximum absolute atomic E-state index is 11.8. The number of hydrogen-bond acceptors (Lipinski definition) is 3. The van der Waals surface area contributed by atoms with Gasteiger partial charge in [0.15, 0.2) is 0 Å². The van der Waals surface area contributed by atoms with Crippen LogP contribution in [0.15, 0.2) is 0 Å². The second kappa shape index (κ2) is 4.76. The molecule has 2 rings (SSSR count). The summed E-state index contributed by atoms with van der Waals surface area (Å²) in [5.74, 6) is -0.927. The lowest BCUT2D eigenvalue weighted by Crippen LogP contribution is -2.53. The Kier molecular flexibility index (Phi) is 3.47. The molecule has 0 aromatic carbocycles. The molecule has 2 aliphatic heterocycles. The third-order valence-corrected chi connectivity index (χ3v) is 3.47. The highest BCUT2D eigenvalue weighted by Gasteiger charge is 2.41. The van der Waals surface area contributed by atoms with Crippen LogP contribution in [-0.2, 0) is 9.53 Å². The molecular formula is C12H20N2O4. The average molecular weight is 256 g/mol. The normalized spacial score (nSPS) is 30.2. The molecule has 0 saturated carbocycles. The minimum absolute atomic E-state index is 0.0596. The van der Waals surface area contributed by atoms with E-state index in [1.807, 2.05) is 0 Å². The zero-order valence-corrected chi connectivity index (χ0v) is 10.7. The molecule has 3 N–H and O–H groups in total. The van der Waals surface area contributed by atoms with E-state index in [9.17, 15) is 9.59 Å². The van der Waals surface area contributed by atoms with E-state index < -0.39 is 11.5 Å². The Hall–Kier alpha value is -1.30. The van der Waals surface area contributed by atoms with Crippen molar-refractivity contribution in [2.45, 2.75) is 63.3 Å². The fourth-order valence-electron chi connectivity index (χ4n) is 2.72. The number of carboxylic acids is 1. The molecule has 6 heteroatoms. The predicted molar refractivity (Wildman–Crippen MR) is 64.3 cm³/mol. The summed E-state index contributed by atoms with van der Waals surface area (Å²) >= 11 is 0. The molecule has 2 aliphatic rings. The van der Waals surface area contributed by atoms with Crippen LogP contribution in [0.4, 0.5) is 4.79 Å². The smallest absolute Gasteiger partial charge is 0.315 e. The number of rotatable bonds is 4. The zero-order chi connectivity index (χ0) is 13.3. The van der Waals surface area contributed by atoms with E-state index in [0.29, 0.717) is 0 Å². The second-order valence-corrected chi connectivity index (χ2v) is 5.77. The zero-order valence-electron chi connectivity index (χ0n) is 10.7. The fourth-order valence-corrected chi connectivity index (χ4v) is 2.72. The van der Waals surface area contributed by atoms with Gasteiger partial charge in [0.1, 0.15) is 0 Å². The van der Waals surface area contributed by atoms with Gasteiger partial charge in [-0.15, -0.1) is 0 Å². The van der Waals surface area contributed by atoms with Crippen molar-refractivity contribution in [1.82, 2.24) is 10.6 Å². The number of aliphatic carboxylic acids is 1. The van der Waals surface area contributed by atoms with Gasteiger partial charge in [-0.25, -0.2) is 4.79 Å². The molecule has 0 radical (unpaired) electrons. The molecule has 2 bridgehead atoms. The standard InChI is InChI=1S/C12H20N2O4/c1-12(2,6-10(15)16)14-11(17)13-8-5-7-3-4-9(8)18-7/h7-9H,3-6H2,1-2H3,(H,15,16)(H2,13,14,17). The lowest BCUT2D eigenvalue weighted by atomic mass is 9.95. The highest BCUT2D eigenvalue weighted by atomic mass is 16.5. The molecule has 0 aliphatic carbocycles. The summed E-state index contributed by atoms with van der Waals surface area (Å²) in [5, 5.41) is 14.3. The minimum atomic E-state index is -0.927. The number of carbonyl (C=O) groups excluding carboxylic acids is 1. The van der Waals surface area contributed by atoms with Gasteiger partial charge < -0.3 is 20.5 Å². The summed E-state index contributed by atoms with van der Waals surface area (Å²) < 4.78 is 5.64. The highest BCUT2D eigenvalue weighted by molar-refractivity contribution is 5.77. The number of hydrogen-bond donors (Lipinski definition) is 3. The van der Waals surface area contributed by atoms with Gasteiger partial charge in [-0.05, 0) is 33.1 Å². The molecule has 2 saturated heterocycles. The van der Waals surface area contributed by atoms with Crippen molar-refractivity contribution in [3.63, 3.8) is 0 Å². The number of carboxylic acid groups (broad SMARTS) is 1. The second-order valence-electron chi connectivity index (χ2n) is 5.77. The Morgan fingerprint density at radius 3 is 2.61 bits per heavy atom. The quantitative estimate of drug-likeness (QED) is 0.696. The summed E-state index contributed by atoms with van der Waals surface area (Å²) in [6, 6.07) is -0.258. The molecule has 3 atom stereocenters. The Bertz CT molecular complexity index is 356. The first-order valence-corrected chi connectivity index (χ1v) is 6.32. The van der Waals surface area contributed by atoms with Gasteiger partial charge in [-0.3, -0.25) is 4.79 Å². The van der Waals surface area contributed by atoms with Crippen LogP contribution < -0.4 is 10.6 Å². The van der Waals surface area contributed by atoms with Crippen molar-refractivity contribution in [1.29, 1.82) is 0 Å². The van der Waals surface area contributed by atoms with E-state index in [2.05, 4.69) is 10.6 Å². The topological polar surface area (TPSA) is 87.7 Å². The number of ether oxygens (including phenoxy) is 1. The van der Waals surface area contributed by atoms with Crippen LogP contribution in [0.25, 0.3) is 0 Å². The van der Waals surface area contributed by atoms with Crippen LogP contribution in [0.1, 0.15) is 39.5 Å². The van der Waals surface area contributed by atoms with Crippen LogP contribution >= 0.6 is 0 Å². The summed E-state index contributed by atoms with van der Waals surface area (Å²) in [6.45, 7) is 3.38. The van der Waals surface area contributed by atoms with Crippen LogP contribution in [0.3, 0.4) is 0 Å². The largest absolute Gasteiger partial charge is 0.481 e. The van der Waals surface area contributed by atoms with Gasteiger partial charge in [0.2, 0.25) is 0 Å². The predicted octanol–water partition coefficient (Wildman–Crippen LogP) is 0.859. The molecular weight excluding hydrogens is 236 g/mol. The summed E-state index contributed by atoms with van der Waals surface area (Å²) in [6.07, 6.45) is 3.24. The van der Waals surface area contributed by atoms with Gasteiger partial charge in [0.05, 0.1) is 24.7 Å². The summed E-state index contributed by atoms with van der Waals surface area (Å²) in [5.41, 5.74) is -0.756. The van der Waals surface area contributed by atoms with Gasteiger partial charge in [-0.2, -0.15) is 0 Å². The van der Waals surface area contributed by atoms with Crippen molar-refractivity contribution >= 4 is 12.0 Å². The van der Waals surface area contributed by atoms with Crippen molar-refractivity contribution in [2.24, 2.45) is 0 Å². The molecule has 18 heavy (non-hydrogen) atoms. The van der Waals surface area contributed by atoms with E-state index in [0.717, 1.165) is 19.3 Å². The maximum atomic E-state index is 11.8. The van der Waals surface area contributed by atoms with Crippen molar-refractivity contribution in [3.8, 4) is 0 Å². The average Bonchev–Trinajstić information content (AvgIpc) is 2.74. The summed E-state index contributed by atoms with van der Waals surface area (Å²) in [7, 11) is 0. The Balaban J connectivity index is 1.80. The number of carbonyl (C=O) groups is 2. The number of fused-ring (bicyclic) bond motifs is 2. The van der Waals surface area contributed by atoms with Crippen molar-refractivity contribution in [3.05, 3.63) is 0 Å². The first-order chi connectivity index (χ1) is 8.35. The van der Waals surface area contributed by atoms with Gasteiger partial charge in [0.25, 0.3) is 0 Å².